The molecule has 1 aliphatic rings. The van der Waals surface area contributed by atoms with Crippen molar-refractivity contribution in [1.82, 2.24) is 9.97 Å². The van der Waals surface area contributed by atoms with Gasteiger partial charge in [0.15, 0.2) is 18.0 Å². The highest BCUT2D eigenvalue weighted by Gasteiger charge is 2.50. The number of aromatic amines is 1. The maximum absolute atomic E-state index is 13.0. The quantitative estimate of drug-likeness (QED) is 0.491. The molecule has 0 bridgehead atoms. The molecular weight excluding hydrogens is 458 g/mol. The van der Waals surface area contributed by atoms with Gasteiger partial charge in [0.05, 0.1) is 12.2 Å². The number of H-pyrrole nitrogens is 1. The SMILES string of the molecule is Cc1cc(C)c(NC(=O)[C@@H](CC(=O)[C@H]2O[C@@H]2C(=O)O)Cc2cnc[nH]2)c(C)c1.S.S.S. The van der Waals surface area contributed by atoms with E-state index in [4.69, 9.17) is 9.84 Å². The van der Waals surface area contributed by atoms with Crippen molar-refractivity contribution in [2.24, 2.45) is 5.92 Å². The van der Waals surface area contributed by atoms with Gasteiger partial charge in [0.25, 0.3) is 0 Å². The molecule has 2 aromatic rings. The fourth-order valence-corrected chi connectivity index (χ4v) is 3.43. The third-order valence-corrected chi connectivity index (χ3v) is 4.82. The molecule has 31 heavy (non-hydrogen) atoms. The number of aliphatic carboxylic acids is 1. The zero-order chi connectivity index (χ0) is 20.4. The molecule has 3 N–H and O–H groups in total. The van der Waals surface area contributed by atoms with Crippen LogP contribution in [0.25, 0.3) is 0 Å². The minimum atomic E-state index is -1.17. The molecule has 1 aromatic carbocycles. The summed E-state index contributed by atoms with van der Waals surface area (Å²) in [4.78, 5) is 43.2. The molecule has 3 rings (SSSR count). The Hall–Kier alpha value is -1.95. The van der Waals surface area contributed by atoms with E-state index in [1.54, 1.807) is 6.20 Å². The maximum atomic E-state index is 13.0. The number of benzene rings is 1. The van der Waals surface area contributed by atoms with Gasteiger partial charge in [0.2, 0.25) is 5.91 Å². The number of imidazole rings is 1. The Bertz CT molecular complexity index is 898. The van der Waals surface area contributed by atoms with E-state index < -0.39 is 24.1 Å². The van der Waals surface area contributed by atoms with Crippen molar-refractivity contribution >= 4 is 63.8 Å². The van der Waals surface area contributed by atoms with Crippen molar-refractivity contribution in [2.45, 2.75) is 45.8 Å². The van der Waals surface area contributed by atoms with Crippen molar-refractivity contribution in [3.8, 4) is 0 Å². The first-order valence-corrected chi connectivity index (χ1v) is 9.03. The molecule has 0 spiro atoms. The largest absolute Gasteiger partial charge is 0.479 e. The highest BCUT2D eigenvalue weighted by Crippen LogP contribution is 2.28. The second-order valence-electron chi connectivity index (χ2n) is 7.23. The van der Waals surface area contributed by atoms with E-state index in [1.165, 1.54) is 6.33 Å². The molecule has 1 fully saturated rings. The van der Waals surface area contributed by atoms with E-state index in [0.29, 0.717) is 0 Å². The van der Waals surface area contributed by atoms with Gasteiger partial charge in [-0.05, 0) is 31.9 Å². The van der Waals surface area contributed by atoms with Gasteiger partial charge >= 0.3 is 5.97 Å². The summed E-state index contributed by atoms with van der Waals surface area (Å²) in [6, 6.07) is 3.96. The number of rotatable bonds is 8. The molecule has 11 heteroatoms. The Kier molecular flexibility index (Phi) is 11.4. The molecule has 2 heterocycles. The maximum Gasteiger partial charge on any atom is 0.336 e. The van der Waals surface area contributed by atoms with Gasteiger partial charge in [0.1, 0.15) is 0 Å². The van der Waals surface area contributed by atoms with E-state index in [1.807, 2.05) is 32.9 Å². The van der Waals surface area contributed by atoms with Crippen LogP contribution in [0.2, 0.25) is 0 Å². The van der Waals surface area contributed by atoms with Gasteiger partial charge in [-0.1, -0.05) is 17.7 Å². The van der Waals surface area contributed by atoms with Crippen molar-refractivity contribution in [3.05, 3.63) is 47.0 Å². The minimum absolute atomic E-state index is 0. The molecule has 1 amide bonds. The Morgan fingerprint density at radius 3 is 2.23 bits per heavy atom. The Labute approximate surface area is 201 Å². The zero-order valence-corrected chi connectivity index (χ0v) is 20.5. The summed E-state index contributed by atoms with van der Waals surface area (Å²) in [5, 5.41) is 11.9. The van der Waals surface area contributed by atoms with E-state index >= 15 is 0 Å². The van der Waals surface area contributed by atoms with Crippen LogP contribution in [0.1, 0.15) is 28.8 Å². The van der Waals surface area contributed by atoms with Crippen molar-refractivity contribution in [2.75, 3.05) is 5.32 Å². The van der Waals surface area contributed by atoms with Gasteiger partial charge < -0.3 is 20.1 Å². The number of aryl methyl sites for hydroxylation is 3. The molecule has 172 valence electrons. The Morgan fingerprint density at radius 1 is 1.13 bits per heavy atom. The van der Waals surface area contributed by atoms with Crippen LogP contribution in [-0.2, 0) is 25.5 Å². The summed E-state index contributed by atoms with van der Waals surface area (Å²) in [5.41, 5.74) is 4.42. The summed E-state index contributed by atoms with van der Waals surface area (Å²) in [6.45, 7) is 5.82. The van der Waals surface area contributed by atoms with Crippen LogP contribution < -0.4 is 5.32 Å². The zero-order valence-electron chi connectivity index (χ0n) is 17.5. The molecule has 1 saturated heterocycles. The number of carbonyl (C=O) groups is 3. The van der Waals surface area contributed by atoms with Crippen molar-refractivity contribution in [3.63, 3.8) is 0 Å². The average molecular weight is 488 g/mol. The second-order valence-corrected chi connectivity index (χ2v) is 7.23. The monoisotopic (exact) mass is 487 g/mol. The van der Waals surface area contributed by atoms with Crippen LogP contribution in [0.5, 0.6) is 0 Å². The number of aromatic nitrogens is 2. The molecule has 0 saturated carbocycles. The van der Waals surface area contributed by atoms with Crippen molar-refractivity contribution in [1.29, 1.82) is 0 Å². The lowest BCUT2D eigenvalue weighted by Crippen LogP contribution is -2.29. The lowest BCUT2D eigenvalue weighted by Gasteiger charge is -2.18. The lowest BCUT2D eigenvalue weighted by atomic mass is 9.94. The number of anilines is 1. The van der Waals surface area contributed by atoms with Crippen LogP contribution in [0.15, 0.2) is 24.7 Å². The predicted molar refractivity (Wildman–Crippen MR) is 132 cm³/mol. The summed E-state index contributed by atoms with van der Waals surface area (Å²) >= 11 is 0. The van der Waals surface area contributed by atoms with Gasteiger partial charge in [-0.15, -0.1) is 0 Å². The fourth-order valence-electron chi connectivity index (χ4n) is 3.43. The first kappa shape index (κ1) is 29.1. The van der Waals surface area contributed by atoms with Crippen LogP contribution >= 0.6 is 40.5 Å². The molecule has 8 nitrogen and oxygen atoms in total. The second kappa shape index (κ2) is 12.2. The van der Waals surface area contributed by atoms with Gasteiger partial charge in [-0.2, -0.15) is 40.5 Å². The number of Topliss-reactive ketones (excluding diaryl/α,β-unsaturated/α-hetero) is 1. The number of carboxylic acid groups (broad SMARTS) is 1. The summed E-state index contributed by atoms with van der Waals surface area (Å²) in [7, 11) is 0. The summed E-state index contributed by atoms with van der Waals surface area (Å²) in [6.07, 6.45) is 1.20. The molecule has 0 unspecified atom stereocenters. The molecular formula is C20H29N3O5S3. The molecule has 3 atom stereocenters. The van der Waals surface area contributed by atoms with Gasteiger partial charge in [-0.3, -0.25) is 9.59 Å². The standard InChI is InChI=1S/C20H23N3O5.3H2S/c1-10-4-11(2)16(12(3)5-10)23-19(25)13(6-14-8-21-9-22-14)7-15(24)17-18(28-17)20(26)27;;;/h4-5,8-9,13,17-18H,6-7H2,1-3H3,(H,21,22)(H,23,25)(H,26,27);3*1H2/t13-,17-,18+;;;/m1.../s1. The number of carboxylic acids is 1. The number of amides is 1. The first-order chi connectivity index (χ1) is 13.3. The number of ether oxygens (including phenoxy) is 1. The molecule has 1 aliphatic heterocycles. The third kappa shape index (κ3) is 7.30. The molecule has 0 aliphatic carbocycles. The predicted octanol–water partition coefficient (Wildman–Crippen LogP) is 2.28. The number of epoxide rings is 1. The average Bonchev–Trinajstić information content (AvgIpc) is 3.27. The van der Waals surface area contributed by atoms with Gasteiger partial charge in [-0.25, -0.2) is 9.78 Å². The normalized spacial score (nSPS) is 17.3. The van der Waals surface area contributed by atoms with Crippen LogP contribution in [0.3, 0.4) is 0 Å². The highest BCUT2D eigenvalue weighted by atomic mass is 32.1. The van der Waals surface area contributed by atoms with E-state index in [0.717, 1.165) is 28.1 Å². The smallest absolute Gasteiger partial charge is 0.336 e. The fraction of sp³-hybridized carbons (Fsp3) is 0.400. The van der Waals surface area contributed by atoms with Crippen LogP contribution in [0, 0.1) is 26.7 Å². The third-order valence-electron chi connectivity index (χ3n) is 4.82. The summed E-state index contributed by atoms with van der Waals surface area (Å²) < 4.78 is 4.92. The number of hydrogen-bond donors (Lipinski definition) is 3. The highest BCUT2D eigenvalue weighted by molar-refractivity contribution is 7.59. The Balaban J connectivity index is 0.00000300. The lowest BCUT2D eigenvalue weighted by molar-refractivity contribution is -0.138. The van der Waals surface area contributed by atoms with Crippen molar-refractivity contribution < 1.29 is 24.2 Å². The molecule has 0 radical (unpaired) electrons. The molecule has 1 aromatic heterocycles. The number of ketones is 1. The van der Waals surface area contributed by atoms with E-state index in [-0.39, 0.29) is 65.0 Å². The number of nitrogens with one attached hydrogen (secondary N) is 2. The Morgan fingerprint density at radius 2 is 1.74 bits per heavy atom. The van der Waals surface area contributed by atoms with E-state index in [2.05, 4.69) is 15.3 Å². The van der Waals surface area contributed by atoms with E-state index in [9.17, 15) is 14.4 Å². The van der Waals surface area contributed by atoms with Crippen LogP contribution in [0.4, 0.5) is 5.69 Å². The van der Waals surface area contributed by atoms with Gasteiger partial charge in [0, 0.05) is 30.4 Å². The summed E-state index contributed by atoms with van der Waals surface area (Å²) in [5.74, 6) is -2.53. The topological polar surface area (TPSA) is 125 Å². The first-order valence-electron chi connectivity index (χ1n) is 9.03. The number of carbonyl (C=O) groups excluding carboxylic acids is 2. The number of nitrogens with zero attached hydrogens (tertiary/aromatic N) is 1. The number of hydrogen-bond acceptors (Lipinski definition) is 5. The minimum Gasteiger partial charge on any atom is -0.479 e. The van der Waals surface area contributed by atoms with Crippen LogP contribution in [-0.4, -0.2) is 44.9 Å².